The van der Waals surface area contributed by atoms with E-state index in [-0.39, 0.29) is 0 Å². The average Bonchev–Trinajstić information content (AvgIpc) is 2.68. The molecule has 15 heavy (non-hydrogen) atoms. The standard InChI is InChI=1S/C11H11ClN2S/c1-7(2)10-13-14-11(15-10)8-3-5-9(12)6-4-8/h3-7H,1-2H3. The normalized spacial score (nSPS) is 10.9. The van der Waals surface area contributed by atoms with Crippen LogP contribution in [0.4, 0.5) is 0 Å². The lowest BCUT2D eigenvalue weighted by Crippen LogP contribution is -1.83. The first kappa shape index (κ1) is 10.6. The number of hydrogen-bond acceptors (Lipinski definition) is 3. The van der Waals surface area contributed by atoms with Crippen LogP contribution in [0, 0.1) is 0 Å². The van der Waals surface area contributed by atoms with Crippen LogP contribution < -0.4 is 0 Å². The third kappa shape index (κ3) is 2.36. The van der Waals surface area contributed by atoms with Crippen LogP contribution in [-0.2, 0) is 0 Å². The van der Waals surface area contributed by atoms with E-state index in [0.29, 0.717) is 5.92 Å². The van der Waals surface area contributed by atoms with E-state index in [1.165, 1.54) is 0 Å². The van der Waals surface area contributed by atoms with Crippen molar-refractivity contribution in [3.05, 3.63) is 34.3 Å². The molecule has 0 radical (unpaired) electrons. The third-order valence-electron chi connectivity index (χ3n) is 2.03. The molecule has 78 valence electrons. The van der Waals surface area contributed by atoms with Gasteiger partial charge < -0.3 is 0 Å². The van der Waals surface area contributed by atoms with Gasteiger partial charge in [0.1, 0.15) is 10.0 Å². The monoisotopic (exact) mass is 238 g/mol. The summed E-state index contributed by atoms with van der Waals surface area (Å²) in [6.07, 6.45) is 0. The summed E-state index contributed by atoms with van der Waals surface area (Å²) in [5, 5.41) is 11.1. The second-order valence-electron chi connectivity index (χ2n) is 3.61. The van der Waals surface area contributed by atoms with Crippen molar-refractivity contribution < 1.29 is 0 Å². The van der Waals surface area contributed by atoms with Crippen LogP contribution >= 0.6 is 22.9 Å². The molecule has 0 N–H and O–H groups in total. The van der Waals surface area contributed by atoms with Crippen LogP contribution in [0.25, 0.3) is 10.6 Å². The van der Waals surface area contributed by atoms with Gasteiger partial charge in [-0.3, -0.25) is 0 Å². The zero-order chi connectivity index (χ0) is 10.8. The zero-order valence-electron chi connectivity index (χ0n) is 8.57. The van der Waals surface area contributed by atoms with Crippen LogP contribution in [0.2, 0.25) is 5.02 Å². The van der Waals surface area contributed by atoms with Crippen molar-refractivity contribution >= 4 is 22.9 Å². The number of aromatic nitrogens is 2. The Morgan fingerprint density at radius 1 is 1.13 bits per heavy atom. The molecule has 0 aliphatic heterocycles. The maximum Gasteiger partial charge on any atom is 0.147 e. The molecule has 1 heterocycles. The molecule has 2 rings (SSSR count). The van der Waals surface area contributed by atoms with Gasteiger partial charge in [0, 0.05) is 16.5 Å². The summed E-state index contributed by atoms with van der Waals surface area (Å²) >= 11 is 7.46. The van der Waals surface area contributed by atoms with E-state index in [1.807, 2.05) is 24.3 Å². The summed E-state index contributed by atoms with van der Waals surface area (Å²) in [5.74, 6) is 0.434. The maximum atomic E-state index is 5.82. The van der Waals surface area contributed by atoms with Gasteiger partial charge in [-0.25, -0.2) is 0 Å². The predicted octanol–water partition coefficient (Wildman–Crippen LogP) is 3.98. The Morgan fingerprint density at radius 2 is 1.80 bits per heavy atom. The molecule has 0 saturated heterocycles. The highest BCUT2D eigenvalue weighted by Gasteiger charge is 2.08. The summed E-state index contributed by atoms with van der Waals surface area (Å²) in [4.78, 5) is 0. The fourth-order valence-corrected chi connectivity index (χ4v) is 2.15. The van der Waals surface area contributed by atoms with Gasteiger partial charge in [-0.2, -0.15) is 0 Å². The van der Waals surface area contributed by atoms with Crippen molar-refractivity contribution in [3.63, 3.8) is 0 Å². The second-order valence-corrected chi connectivity index (χ2v) is 5.05. The Morgan fingerprint density at radius 3 is 2.33 bits per heavy atom. The number of benzene rings is 1. The molecule has 0 bridgehead atoms. The van der Waals surface area contributed by atoms with E-state index in [4.69, 9.17) is 11.6 Å². The quantitative estimate of drug-likeness (QED) is 0.791. The molecule has 0 amide bonds. The van der Waals surface area contributed by atoms with Crippen molar-refractivity contribution in [1.82, 2.24) is 10.2 Å². The van der Waals surface area contributed by atoms with Crippen molar-refractivity contribution in [2.75, 3.05) is 0 Å². The predicted molar refractivity (Wildman–Crippen MR) is 64.4 cm³/mol. The molecule has 0 aliphatic rings. The molecular weight excluding hydrogens is 228 g/mol. The van der Waals surface area contributed by atoms with E-state index < -0.39 is 0 Å². The Kier molecular flexibility index (Phi) is 3.03. The number of rotatable bonds is 2. The van der Waals surface area contributed by atoms with Gasteiger partial charge in [0.25, 0.3) is 0 Å². The van der Waals surface area contributed by atoms with Gasteiger partial charge in [-0.05, 0) is 12.1 Å². The maximum absolute atomic E-state index is 5.82. The first-order valence-corrected chi connectivity index (χ1v) is 5.95. The molecule has 2 aromatic rings. The number of nitrogens with zero attached hydrogens (tertiary/aromatic N) is 2. The summed E-state index contributed by atoms with van der Waals surface area (Å²) < 4.78 is 0. The van der Waals surface area contributed by atoms with E-state index in [2.05, 4.69) is 24.0 Å². The van der Waals surface area contributed by atoms with Crippen LogP contribution in [0.3, 0.4) is 0 Å². The number of halogens is 1. The SMILES string of the molecule is CC(C)c1nnc(-c2ccc(Cl)cc2)s1. The summed E-state index contributed by atoms with van der Waals surface area (Å²) in [6, 6.07) is 7.67. The van der Waals surface area contributed by atoms with Crippen molar-refractivity contribution in [3.8, 4) is 10.6 Å². The van der Waals surface area contributed by atoms with Gasteiger partial charge in [0.15, 0.2) is 0 Å². The van der Waals surface area contributed by atoms with Crippen molar-refractivity contribution in [2.24, 2.45) is 0 Å². The molecule has 0 atom stereocenters. The third-order valence-corrected chi connectivity index (χ3v) is 3.55. The van der Waals surface area contributed by atoms with Crippen LogP contribution in [0.5, 0.6) is 0 Å². The van der Waals surface area contributed by atoms with E-state index >= 15 is 0 Å². The highest BCUT2D eigenvalue weighted by Crippen LogP contribution is 2.27. The molecule has 0 fully saturated rings. The average molecular weight is 239 g/mol. The fourth-order valence-electron chi connectivity index (χ4n) is 1.18. The van der Waals surface area contributed by atoms with Crippen LogP contribution in [0.15, 0.2) is 24.3 Å². The Labute approximate surface area is 97.9 Å². The summed E-state index contributed by atoms with van der Waals surface area (Å²) in [7, 11) is 0. The fraction of sp³-hybridized carbons (Fsp3) is 0.273. The molecule has 0 saturated carbocycles. The Bertz CT molecular complexity index is 448. The molecule has 0 unspecified atom stereocenters. The Balaban J connectivity index is 2.33. The molecule has 1 aromatic carbocycles. The topological polar surface area (TPSA) is 25.8 Å². The lowest BCUT2D eigenvalue weighted by molar-refractivity contribution is 0.825. The van der Waals surface area contributed by atoms with Gasteiger partial charge in [-0.1, -0.05) is 48.9 Å². The second kappa shape index (κ2) is 4.29. The minimum Gasteiger partial charge on any atom is -0.143 e. The largest absolute Gasteiger partial charge is 0.147 e. The molecule has 0 spiro atoms. The van der Waals surface area contributed by atoms with E-state index in [1.54, 1.807) is 11.3 Å². The van der Waals surface area contributed by atoms with Gasteiger partial charge >= 0.3 is 0 Å². The zero-order valence-corrected chi connectivity index (χ0v) is 10.1. The molecular formula is C11H11ClN2S. The van der Waals surface area contributed by atoms with Crippen LogP contribution in [0.1, 0.15) is 24.8 Å². The summed E-state index contributed by atoms with van der Waals surface area (Å²) in [5.41, 5.74) is 1.07. The van der Waals surface area contributed by atoms with Crippen molar-refractivity contribution in [2.45, 2.75) is 19.8 Å². The molecule has 2 nitrogen and oxygen atoms in total. The van der Waals surface area contributed by atoms with Gasteiger partial charge in [0.05, 0.1) is 0 Å². The Hall–Kier alpha value is -0.930. The minimum atomic E-state index is 0.434. The van der Waals surface area contributed by atoms with Gasteiger partial charge in [0.2, 0.25) is 0 Å². The lowest BCUT2D eigenvalue weighted by atomic mass is 10.2. The van der Waals surface area contributed by atoms with Gasteiger partial charge in [-0.15, -0.1) is 10.2 Å². The van der Waals surface area contributed by atoms with E-state index in [9.17, 15) is 0 Å². The van der Waals surface area contributed by atoms with E-state index in [0.717, 1.165) is 20.6 Å². The highest BCUT2D eigenvalue weighted by atomic mass is 35.5. The number of hydrogen-bond donors (Lipinski definition) is 0. The highest BCUT2D eigenvalue weighted by molar-refractivity contribution is 7.14. The smallest absolute Gasteiger partial charge is 0.143 e. The van der Waals surface area contributed by atoms with Crippen molar-refractivity contribution in [1.29, 1.82) is 0 Å². The lowest BCUT2D eigenvalue weighted by Gasteiger charge is -1.95. The molecule has 1 aromatic heterocycles. The molecule has 4 heteroatoms. The van der Waals surface area contributed by atoms with Crippen LogP contribution in [-0.4, -0.2) is 10.2 Å². The minimum absolute atomic E-state index is 0.434. The first-order chi connectivity index (χ1) is 7.16. The molecule has 0 aliphatic carbocycles. The first-order valence-electron chi connectivity index (χ1n) is 4.76. The summed E-state index contributed by atoms with van der Waals surface area (Å²) in [6.45, 7) is 4.23.